The smallest absolute Gasteiger partial charge is 0.302 e. The van der Waals surface area contributed by atoms with Gasteiger partial charge in [-0.15, -0.1) is 0 Å². The number of carbonyl (C=O) groups excluding carboxylic acids is 4. The van der Waals surface area contributed by atoms with Crippen molar-refractivity contribution >= 4 is 23.8 Å². The molecule has 1 amide bonds. The lowest BCUT2D eigenvalue weighted by molar-refractivity contribution is -0.646. The molecule has 0 fully saturated rings. The number of quaternary nitrogens is 1. The maximum absolute atomic E-state index is 12.2. The lowest BCUT2D eigenvalue weighted by Crippen LogP contribution is -2.89. The lowest BCUT2D eigenvalue weighted by atomic mass is 10.0. The number of likely N-dealkylation sites (N-methyl/N-ethyl adjacent to an activating group) is 1. The molecule has 0 aliphatic heterocycles. The zero-order valence-electron chi connectivity index (χ0n) is 14.1. The van der Waals surface area contributed by atoms with E-state index in [1.54, 1.807) is 19.3 Å². The van der Waals surface area contributed by atoms with E-state index in [9.17, 15) is 19.2 Å². The topological polar surface area (TPSA) is 125 Å². The third-order valence-electron chi connectivity index (χ3n) is 2.96. The van der Waals surface area contributed by atoms with Gasteiger partial charge in [-0.3, -0.25) is 19.2 Å². The van der Waals surface area contributed by atoms with Gasteiger partial charge in [-0.25, -0.2) is 0 Å². The molecule has 1 unspecified atom stereocenters. The lowest BCUT2D eigenvalue weighted by Gasteiger charge is -2.33. The molecule has 1 atom stereocenters. The van der Waals surface area contributed by atoms with E-state index in [0.29, 0.717) is 0 Å². The number of rotatable bonds is 9. The molecule has 9 nitrogen and oxygen atoms in total. The molecular formula is C14H25N2O7+. The second kappa shape index (κ2) is 9.78. The van der Waals surface area contributed by atoms with E-state index in [2.05, 4.69) is 5.32 Å². The van der Waals surface area contributed by atoms with Gasteiger partial charge in [0.15, 0.2) is 6.04 Å². The minimum Gasteiger partial charge on any atom is -0.463 e. The molecule has 0 spiro atoms. The van der Waals surface area contributed by atoms with Gasteiger partial charge in [-0.1, -0.05) is 0 Å². The first kappa shape index (κ1) is 20.8. The van der Waals surface area contributed by atoms with Crippen LogP contribution in [-0.2, 0) is 33.4 Å². The van der Waals surface area contributed by atoms with Crippen molar-refractivity contribution < 1.29 is 38.7 Å². The number of ether oxygens (including phenoxy) is 3. The summed E-state index contributed by atoms with van der Waals surface area (Å²) in [6, 6.07) is -0.429. The molecule has 0 aromatic rings. The predicted octanol–water partition coefficient (Wildman–Crippen LogP) is -1.89. The number of esters is 3. The largest absolute Gasteiger partial charge is 0.463 e. The van der Waals surface area contributed by atoms with Gasteiger partial charge >= 0.3 is 17.9 Å². The Hall–Kier alpha value is -2.16. The summed E-state index contributed by atoms with van der Waals surface area (Å²) in [6.07, 6.45) is 0. The van der Waals surface area contributed by atoms with Crippen LogP contribution in [0.3, 0.4) is 0 Å². The van der Waals surface area contributed by atoms with Gasteiger partial charge in [0, 0.05) is 20.8 Å². The number of carbonyl (C=O) groups is 4. The van der Waals surface area contributed by atoms with Crippen LogP contribution >= 0.6 is 0 Å². The molecule has 0 aliphatic rings. The number of hydrogen-bond donors (Lipinski definition) is 2. The summed E-state index contributed by atoms with van der Waals surface area (Å²) in [6.45, 7) is 4.37. The van der Waals surface area contributed by atoms with Crippen molar-refractivity contribution in [1.82, 2.24) is 5.32 Å². The highest BCUT2D eigenvalue weighted by atomic mass is 16.6. The van der Waals surface area contributed by atoms with Crippen LogP contribution in [0.25, 0.3) is 0 Å². The summed E-state index contributed by atoms with van der Waals surface area (Å²) in [4.78, 5) is 45.4. The zero-order chi connectivity index (χ0) is 18.0. The Bertz CT molecular complexity index is 405. The summed E-state index contributed by atoms with van der Waals surface area (Å²) >= 11 is 0. The second-order valence-corrected chi connectivity index (χ2v) is 5.23. The van der Waals surface area contributed by atoms with Crippen molar-refractivity contribution in [2.75, 3.05) is 26.9 Å². The average molecular weight is 333 g/mol. The molecule has 0 heterocycles. The number of nitrogens with two attached hydrogens (primary N) is 1. The van der Waals surface area contributed by atoms with Crippen LogP contribution < -0.4 is 10.6 Å². The van der Waals surface area contributed by atoms with Gasteiger partial charge < -0.3 is 24.8 Å². The molecule has 9 heteroatoms. The Kier molecular flexibility index (Phi) is 8.86. The molecule has 0 saturated heterocycles. The van der Waals surface area contributed by atoms with Gasteiger partial charge in [-0.05, 0) is 6.92 Å². The monoisotopic (exact) mass is 333 g/mol. The highest BCUT2D eigenvalue weighted by Gasteiger charge is 2.38. The predicted molar refractivity (Wildman–Crippen MR) is 78.1 cm³/mol. The molecule has 0 saturated carbocycles. The third-order valence-corrected chi connectivity index (χ3v) is 2.96. The number of hydrogen-bond acceptors (Lipinski definition) is 7. The molecule has 132 valence electrons. The first-order valence-electron chi connectivity index (χ1n) is 7.13. The summed E-state index contributed by atoms with van der Waals surface area (Å²) in [7, 11) is 1.72. The molecule has 3 N–H and O–H groups in total. The van der Waals surface area contributed by atoms with Crippen molar-refractivity contribution in [3.8, 4) is 0 Å². The first-order chi connectivity index (χ1) is 10.6. The number of amides is 1. The van der Waals surface area contributed by atoms with E-state index in [-0.39, 0.29) is 25.7 Å². The van der Waals surface area contributed by atoms with E-state index in [1.807, 2.05) is 0 Å². The fraction of sp³-hybridized carbons (Fsp3) is 0.714. The Morgan fingerprint density at radius 3 is 1.52 bits per heavy atom. The van der Waals surface area contributed by atoms with E-state index < -0.39 is 29.5 Å². The maximum Gasteiger partial charge on any atom is 0.302 e. The summed E-state index contributed by atoms with van der Waals surface area (Å²) < 4.78 is 14.8. The van der Waals surface area contributed by atoms with Crippen molar-refractivity contribution in [2.45, 2.75) is 39.3 Å². The normalized spacial score (nSPS) is 12.0. The molecule has 0 bridgehead atoms. The van der Waals surface area contributed by atoms with Crippen LogP contribution in [0.1, 0.15) is 27.7 Å². The zero-order valence-corrected chi connectivity index (χ0v) is 14.1. The number of nitrogens with one attached hydrogen (secondary N) is 1. The minimum absolute atomic E-state index is 0.301. The maximum atomic E-state index is 12.2. The van der Waals surface area contributed by atoms with Crippen LogP contribution in [0, 0.1) is 0 Å². The van der Waals surface area contributed by atoms with E-state index in [1.165, 1.54) is 20.8 Å². The Balaban J connectivity index is 5.30. The van der Waals surface area contributed by atoms with Crippen LogP contribution in [0.5, 0.6) is 0 Å². The van der Waals surface area contributed by atoms with Gasteiger partial charge in [0.25, 0.3) is 5.91 Å². The quantitative estimate of drug-likeness (QED) is 0.373. The van der Waals surface area contributed by atoms with E-state index in [0.717, 1.165) is 0 Å². The van der Waals surface area contributed by atoms with Crippen LogP contribution in [0.4, 0.5) is 0 Å². The molecular weight excluding hydrogens is 308 g/mol. The minimum atomic E-state index is -1.35. The molecule has 0 aliphatic carbocycles. The molecule has 0 radical (unpaired) electrons. The average Bonchev–Trinajstić information content (AvgIpc) is 2.47. The van der Waals surface area contributed by atoms with Crippen molar-refractivity contribution in [3.05, 3.63) is 0 Å². The summed E-state index contributed by atoms with van der Waals surface area (Å²) in [5.41, 5.74) is -1.35. The Morgan fingerprint density at radius 2 is 1.26 bits per heavy atom. The van der Waals surface area contributed by atoms with Crippen molar-refractivity contribution in [1.29, 1.82) is 0 Å². The molecule has 0 aromatic heterocycles. The molecule has 0 rings (SSSR count). The van der Waals surface area contributed by atoms with Gasteiger partial charge in [-0.2, -0.15) is 0 Å². The fourth-order valence-electron chi connectivity index (χ4n) is 1.48. The van der Waals surface area contributed by atoms with Crippen LogP contribution in [0.15, 0.2) is 0 Å². The Labute approximate surface area is 135 Å². The fourth-order valence-corrected chi connectivity index (χ4v) is 1.48. The Morgan fingerprint density at radius 1 is 0.913 bits per heavy atom. The van der Waals surface area contributed by atoms with Gasteiger partial charge in [0.2, 0.25) is 0 Å². The van der Waals surface area contributed by atoms with Crippen LogP contribution in [0.2, 0.25) is 0 Å². The SMILES string of the molecule is C[NH2+]C(C)C(=O)NC(COC(C)=O)(COC(C)=O)COC(C)=O. The van der Waals surface area contributed by atoms with Gasteiger partial charge in [0.1, 0.15) is 25.4 Å². The van der Waals surface area contributed by atoms with Crippen molar-refractivity contribution in [2.24, 2.45) is 0 Å². The van der Waals surface area contributed by atoms with Crippen molar-refractivity contribution in [3.63, 3.8) is 0 Å². The van der Waals surface area contributed by atoms with Gasteiger partial charge in [0.05, 0.1) is 7.05 Å². The van der Waals surface area contributed by atoms with Crippen LogP contribution in [-0.4, -0.2) is 62.3 Å². The summed E-state index contributed by atoms with van der Waals surface area (Å²) in [5.74, 6) is -2.11. The second-order valence-electron chi connectivity index (χ2n) is 5.23. The standard InChI is InChI=1S/C14H24N2O7/c1-9(15-5)13(20)16-14(6-21-10(2)17,7-22-11(3)18)8-23-12(4)19/h9,15H,6-8H2,1-5H3,(H,16,20)/p+1. The molecule has 0 aromatic carbocycles. The highest BCUT2D eigenvalue weighted by Crippen LogP contribution is 2.10. The summed E-state index contributed by atoms with van der Waals surface area (Å²) in [5, 5.41) is 4.32. The molecule has 23 heavy (non-hydrogen) atoms. The van der Waals surface area contributed by atoms with E-state index >= 15 is 0 Å². The third kappa shape index (κ3) is 8.77. The first-order valence-corrected chi connectivity index (χ1v) is 7.13. The van der Waals surface area contributed by atoms with E-state index in [4.69, 9.17) is 14.2 Å². The highest BCUT2D eigenvalue weighted by molar-refractivity contribution is 5.81.